The van der Waals surface area contributed by atoms with Crippen molar-refractivity contribution in [2.45, 2.75) is 45.6 Å². The Bertz CT molecular complexity index is 751. The predicted octanol–water partition coefficient (Wildman–Crippen LogP) is 5.44. The van der Waals surface area contributed by atoms with Gasteiger partial charge in [0.15, 0.2) is 6.10 Å². The van der Waals surface area contributed by atoms with E-state index in [2.05, 4.69) is 26.1 Å². The maximum atomic E-state index is 12.5. The first kappa shape index (κ1) is 20.1. The van der Waals surface area contributed by atoms with Crippen molar-refractivity contribution in [1.82, 2.24) is 0 Å². The molecule has 1 N–H and O–H groups in total. The number of methoxy groups -OCH3 is 1. The van der Waals surface area contributed by atoms with Crippen LogP contribution in [-0.4, -0.2) is 19.1 Å². The zero-order valence-corrected chi connectivity index (χ0v) is 16.7. The van der Waals surface area contributed by atoms with Crippen molar-refractivity contribution < 1.29 is 14.3 Å². The van der Waals surface area contributed by atoms with Gasteiger partial charge in [0.1, 0.15) is 11.5 Å². The SMILES string of the molecule is CCC(Oc1ccc(C(C)(C)C)cc1)C(=O)Nc1ccc(OC)c(Cl)c1. The highest BCUT2D eigenvalue weighted by atomic mass is 35.5. The maximum absolute atomic E-state index is 12.5. The molecule has 1 unspecified atom stereocenters. The van der Waals surface area contributed by atoms with Gasteiger partial charge in [0.25, 0.3) is 5.91 Å². The molecule has 4 nitrogen and oxygen atoms in total. The van der Waals surface area contributed by atoms with E-state index in [1.165, 1.54) is 5.56 Å². The van der Waals surface area contributed by atoms with E-state index in [9.17, 15) is 4.79 Å². The van der Waals surface area contributed by atoms with Crippen LogP contribution in [0.15, 0.2) is 42.5 Å². The van der Waals surface area contributed by atoms with Crippen molar-refractivity contribution in [3.63, 3.8) is 0 Å². The largest absolute Gasteiger partial charge is 0.495 e. The molecular formula is C21H26ClNO3. The zero-order valence-electron chi connectivity index (χ0n) is 15.9. The van der Waals surface area contributed by atoms with Crippen LogP contribution in [0, 0.1) is 0 Å². The summed E-state index contributed by atoms with van der Waals surface area (Å²) in [6.07, 6.45) is -0.0344. The van der Waals surface area contributed by atoms with Gasteiger partial charge in [-0.3, -0.25) is 4.79 Å². The molecule has 0 aliphatic carbocycles. The number of anilines is 1. The average Bonchev–Trinajstić information content (AvgIpc) is 2.59. The fourth-order valence-electron chi connectivity index (χ4n) is 2.49. The Hall–Kier alpha value is -2.20. The van der Waals surface area contributed by atoms with E-state index in [0.717, 1.165) is 0 Å². The number of hydrogen-bond acceptors (Lipinski definition) is 3. The Balaban J connectivity index is 2.05. The number of benzene rings is 2. The van der Waals surface area contributed by atoms with Crippen molar-refractivity contribution in [2.24, 2.45) is 0 Å². The van der Waals surface area contributed by atoms with Gasteiger partial charge in [0, 0.05) is 5.69 Å². The fraction of sp³-hybridized carbons (Fsp3) is 0.381. The molecule has 2 aromatic rings. The van der Waals surface area contributed by atoms with Crippen LogP contribution in [0.25, 0.3) is 0 Å². The van der Waals surface area contributed by atoms with Gasteiger partial charge in [0.2, 0.25) is 0 Å². The fourth-order valence-corrected chi connectivity index (χ4v) is 2.74. The highest BCUT2D eigenvalue weighted by Crippen LogP contribution is 2.28. The first-order valence-electron chi connectivity index (χ1n) is 8.66. The predicted molar refractivity (Wildman–Crippen MR) is 106 cm³/mol. The van der Waals surface area contributed by atoms with E-state index in [1.807, 2.05) is 31.2 Å². The molecule has 0 heterocycles. The quantitative estimate of drug-likeness (QED) is 0.731. The summed E-state index contributed by atoms with van der Waals surface area (Å²) in [6.45, 7) is 8.39. The molecule has 5 heteroatoms. The molecule has 0 aliphatic rings. The third-order valence-corrected chi connectivity index (χ3v) is 4.38. The molecule has 0 bridgehead atoms. The van der Waals surface area contributed by atoms with Crippen LogP contribution in [-0.2, 0) is 10.2 Å². The molecule has 26 heavy (non-hydrogen) atoms. The van der Waals surface area contributed by atoms with Crippen LogP contribution < -0.4 is 14.8 Å². The smallest absolute Gasteiger partial charge is 0.265 e. The van der Waals surface area contributed by atoms with E-state index in [-0.39, 0.29) is 11.3 Å². The molecule has 1 atom stereocenters. The molecule has 0 spiro atoms. The lowest BCUT2D eigenvalue weighted by Gasteiger charge is -2.21. The first-order valence-corrected chi connectivity index (χ1v) is 9.04. The molecule has 1 amide bonds. The molecule has 2 rings (SSSR count). The molecule has 0 aromatic heterocycles. The Morgan fingerprint density at radius 1 is 1.15 bits per heavy atom. The van der Waals surface area contributed by atoms with Crippen LogP contribution in [0.3, 0.4) is 0 Å². The maximum Gasteiger partial charge on any atom is 0.265 e. The van der Waals surface area contributed by atoms with Gasteiger partial charge in [-0.2, -0.15) is 0 Å². The lowest BCUT2D eigenvalue weighted by atomic mass is 9.87. The summed E-state index contributed by atoms with van der Waals surface area (Å²) in [7, 11) is 1.55. The lowest BCUT2D eigenvalue weighted by molar-refractivity contribution is -0.122. The highest BCUT2D eigenvalue weighted by Gasteiger charge is 2.20. The van der Waals surface area contributed by atoms with E-state index in [1.54, 1.807) is 25.3 Å². The van der Waals surface area contributed by atoms with E-state index < -0.39 is 6.10 Å². The first-order chi connectivity index (χ1) is 12.2. The summed E-state index contributed by atoms with van der Waals surface area (Å²) in [4.78, 5) is 12.5. The number of hydrogen-bond donors (Lipinski definition) is 1. The Morgan fingerprint density at radius 2 is 1.81 bits per heavy atom. The van der Waals surface area contributed by atoms with Gasteiger partial charge < -0.3 is 14.8 Å². The molecule has 2 aromatic carbocycles. The van der Waals surface area contributed by atoms with Crippen LogP contribution in [0.2, 0.25) is 5.02 Å². The number of carbonyl (C=O) groups is 1. The molecule has 0 aliphatic heterocycles. The van der Waals surface area contributed by atoms with Gasteiger partial charge in [-0.1, -0.05) is 51.4 Å². The molecule has 0 saturated heterocycles. The Kier molecular flexibility index (Phi) is 6.54. The molecule has 0 saturated carbocycles. The van der Waals surface area contributed by atoms with Crippen LogP contribution in [0.1, 0.15) is 39.7 Å². The van der Waals surface area contributed by atoms with Crippen molar-refractivity contribution >= 4 is 23.2 Å². The molecule has 140 valence electrons. The van der Waals surface area contributed by atoms with Crippen molar-refractivity contribution in [1.29, 1.82) is 0 Å². The number of carbonyl (C=O) groups excluding carboxylic acids is 1. The van der Waals surface area contributed by atoms with Gasteiger partial charge in [-0.15, -0.1) is 0 Å². The minimum atomic E-state index is -0.587. The summed E-state index contributed by atoms with van der Waals surface area (Å²) >= 11 is 6.10. The number of halogens is 1. The molecular weight excluding hydrogens is 350 g/mol. The topological polar surface area (TPSA) is 47.6 Å². The monoisotopic (exact) mass is 375 g/mol. The average molecular weight is 376 g/mol. The summed E-state index contributed by atoms with van der Waals surface area (Å²) in [5.41, 5.74) is 1.90. The molecule has 0 radical (unpaired) electrons. The standard InChI is InChI=1S/C21H26ClNO3/c1-6-18(26-16-10-7-14(8-11-16)21(2,3)4)20(24)23-15-9-12-19(25-5)17(22)13-15/h7-13,18H,6H2,1-5H3,(H,23,24). The summed E-state index contributed by atoms with van der Waals surface area (Å²) < 4.78 is 11.0. The number of amides is 1. The van der Waals surface area contributed by atoms with Crippen LogP contribution in [0.5, 0.6) is 11.5 Å². The van der Waals surface area contributed by atoms with Crippen LogP contribution >= 0.6 is 11.6 Å². The van der Waals surface area contributed by atoms with Crippen molar-refractivity contribution in [2.75, 3.05) is 12.4 Å². The van der Waals surface area contributed by atoms with Gasteiger partial charge in [-0.05, 0) is 47.7 Å². The van der Waals surface area contributed by atoms with Crippen molar-refractivity contribution in [3.8, 4) is 11.5 Å². The lowest BCUT2D eigenvalue weighted by Crippen LogP contribution is -2.32. The molecule has 0 fully saturated rings. The van der Waals surface area contributed by atoms with Gasteiger partial charge in [-0.25, -0.2) is 0 Å². The second-order valence-corrected chi connectivity index (χ2v) is 7.53. The second kappa shape index (κ2) is 8.45. The van der Waals surface area contributed by atoms with Crippen LogP contribution in [0.4, 0.5) is 5.69 Å². The summed E-state index contributed by atoms with van der Waals surface area (Å²) in [5, 5.41) is 3.28. The van der Waals surface area contributed by atoms with Gasteiger partial charge in [0.05, 0.1) is 12.1 Å². The van der Waals surface area contributed by atoms with Gasteiger partial charge >= 0.3 is 0 Å². The normalized spacial score (nSPS) is 12.4. The highest BCUT2D eigenvalue weighted by molar-refractivity contribution is 6.32. The zero-order chi connectivity index (χ0) is 19.3. The van der Waals surface area contributed by atoms with E-state index >= 15 is 0 Å². The second-order valence-electron chi connectivity index (χ2n) is 7.13. The number of nitrogens with one attached hydrogen (secondary N) is 1. The minimum Gasteiger partial charge on any atom is -0.495 e. The Labute approximate surface area is 160 Å². The van der Waals surface area contributed by atoms with Crippen molar-refractivity contribution in [3.05, 3.63) is 53.1 Å². The number of rotatable bonds is 6. The van der Waals surface area contributed by atoms with E-state index in [4.69, 9.17) is 21.1 Å². The summed E-state index contributed by atoms with van der Waals surface area (Å²) in [6, 6.07) is 13.0. The third-order valence-electron chi connectivity index (χ3n) is 4.08. The number of ether oxygens (including phenoxy) is 2. The minimum absolute atomic E-state index is 0.0771. The Morgan fingerprint density at radius 3 is 2.31 bits per heavy atom. The third kappa shape index (κ3) is 5.15. The summed E-state index contributed by atoms with van der Waals surface area (Å²) in [5.74, 6) is 1.02. The van der Waals surface area contributed by atoms with E-state index in [0.29, 0.717) is 28.6 Å².